The highest BCUT2D eigenvalue weighted by molar-refractivity contribution is 9.10. The molecule has 1 fully saturated rings. The lowest BCUT2D eigenvalue weighted by Crippen LogP contribution is -2.47. The summed E-state index contributed by atoms with van der Waals surface area (Å²) in [4.78, 5) is 12.3. The third kappa shape index (κ3) is 3.69. The molecular weight excluding hydrogens is 302 g/mol. The Morgan fingerprint density at radius 1 is 1.21 bits per heavy atom. The normalized spacial score (nSPS) is 17.8. The van der Waals surface area contributed by atoms with E-state index in [4.69, 9.17) is 0 Å². The van der Waals surface area contributed by atoms with Gasteiger partial charge in [0.2, 0.25) is 0 Å². The van der Waals surface area contributed by atoms with Crippen LogP contribution in [0.1, 0.15) is 44.6 Å². The summed E-state index contributed by atoms with van der Waals surface area (Å²) in [6, 6.07) is 7.68. The van der Waals surface area contributed by atoms with Crippen LogP contribution in [0, 0.1) is 0 Å². The Balaban J connectivity index is 2.03. The minimum Gasteiger partial charge on any atom is -0.347 e. The van der Waals surface area contributed by atoms with Crippen molar-refractivity contribution in [3.05, 3.63) is 40.9 Å². The fourth-order valence-electron chi connectivity index (χ4n) is 2.59. The van der Waals surface area contributed by atoms with Gasteiger partial charge in [-0.05, 0) is 37.5 Å². The van der Waals surface area contributed by atoms with Crippen LogP contribution in [0.25, 0.3) is 5.57 Å². The van der Waals surface area contributed by atoms with Gasteiger partial charge in [0.25, 0.3) is 5.91 Å². The first-order chi connectivity index (χ1) is 9.00. The van der Waals surface area contributed by atoms with Crippen LogP contribution in [-0.4, -0.2) is 11.4 Å². The molecule has 0 saturated heterocycles. The molecule has 19 heavy (non-hydrogen) atoms. The molecule has 0 atom stereocenters. The van der Waals surface area contributed by atoms with E-state index in [0.717, 1.165) is 22.9 Å². The second-order valence-electron chi connectivity index (χ2n) is 5.56. The van der Waals surface area contributed by atoms with E-state index in [0.29, 0.717) is 5.57 Å². The van der Waals surface area contributed by atoms with Gasteiger partial charge in [0.05, 0.1) is 0 Å². The lowest BCUT2D eigenvalue weighted by molar-refractivity contribution is -0.117. The third-order valence-electron chi connectivity index (χ3n) is 3.84. The monoisotopic (exact) mass is 321 g/mol. The maximum absolute atomic E-state index is 12.3. The van der Waals surface area contributed by atoms with Crippen LogP contribution in [0.5, 0.6) is 0 Å². The van der Waals surface area contributed by atoms with Crippen LogP contribution in [0.3, 0.4) is 0 Å². The smallest absolute Gasteiger partial charge is 0.251 e. The van der Waals surface area contributed by atoms with Crippen LogP contribution in [0.2, 0.25) is 0 Å². The Kier molecular flexibility index (Phi) is 4.46. The fraction of sp³-hybridized carbons (Fsp3) is 0.438. The van der Waals surface area contributed by atoms with Gasteiger partial charge in [-0.3, -0.25) is 4.79 Å². The Bertz CT molecular complexity index is 472. The molecule has 3 heteroatoms. The average molecular weight is 322 g/mol. The number of halogens is 1. The van der Waals surface area contributed by atoms with E-state index in [-0.39, 0.29) is 11.4 Å². The van der Waals surface area contributed by atoms with Gasteiger partial charge in [0.1, 0.15) is 0 Å². The Morgan fingerprint density at radius 3 is 2.37 bits per heavy atom. The summed E-state index contributed by atoms with van der Waals surface area (Å²) in [5.41, 5.74) is 1.35. The first-order valence-electron chi connectivity index (χ1n) is 6.78. The molecule has 102 valence electrons. The molecule has 0 aliphatic heterocycles. The second kappa shape index (κ2) is 5.91. The topological polar surface area (TPSA) is 29.1 Å². The minimum absolute atomic E-state index is 0.0493. The lowest BCUT2D eigenvalue weighted by Gasteiger charge is -2.34. The highest BCUT2D eigenvalue weighted by Crippen LogP contribution is 2.28. The van der Waals surface area contributed by atoms with Crippen molar-refractivity contribution in [3.8, 4) is 0 Å². The van der Waals surface area contributed by atoms with Gasteiger partial charge in [-0.1, -0.05) is 53.9 Å². The first kappa shape index (κ1) is 14.3. The van der Waals surface area contributed by atoms with E-state index in [1.165, 1.54) is 19.3 Å². The SMILES string of the molecule is C=C(C(=O)NC1(C)CCCCC1)c1ccc(Br)cc1. The summed E-state index contributed by atoms with van der Waals surface area (Å²) >= 11 is 3.39. The molecule has 1 amide bonds. The molecule has 1 saturated carbocycles. The van der Waals surface area contributed by atoms with Crippen molar-refractivity contribution >= 4 is 27.4 Å². The van der Waals surface area contributed by atoms with Crippen LogP contribution >= 0.6 is 15.9 Å². The van der Waals surface area contributed by atoms with Crippen LogP contribution < -0.4 is 5.32 Å². The number of amides is 1. The zero-order valence-electron chi connectivity index (χ0n) is 11.3. The van der Waals surface area contributed by atoms with Crippen molar-refractivity contribution in [2.45, 2.75) is 44.6 Å². The number of nitrogens with one attached hydrogen (secondary N) is 1. The van der Waals surface area contributed by atoms with Crippen molar-refractivity contribution in [1.82, 2.24) is 5.32 Å². The molecule has 0 spiro atoms. The van der Waals surface area contributed by atoms with Gasteiger partial charge in [-0.2, -0.15) is 0 Å². The van der Waals surface area contributed by atoms with E-state index >= 15 is 0 Å². The molecule has 1 aromatic carbocycles. The zero-order valence-corrected chi connectivity index (χ0v) is 12.9. The molecule has 1 aliphatic rings. The Morgan fingerprint density at radius 2 is 1.79 bits per heavy atom. The second-order valence-corrected chi connectivity index (χ2v) is 6.48. The molecule has 2 nitrogen and oxygen atoms in total. The summed E-state index contributed by atoms with van der Waals surface area (Å²) in [5.74, 6) is -0.0493. The quantitative estimate of drug-likeness (QED) is 0.826. The van der Waals surface area contributed by atoms with Gasteiger partial charge < -0.3 is 5.32 Å². The molecule has 1 N–H and O–H groups in total. The molecule has 0 heterocycles. The molecule has 1 aliphatic carbocycles. The highest BCUT2D eigenvalue weighted by atomic mass is 79.9. The third-order valence-corrected chi connectivity index (χ3v) is 4.37. The summed E-state index contributed by atoms with van der Waals surface area (Å²) in [6.45, 7) is 6.06. The number of hydrogen-bond acceptors (Lipinski definition) is 1. The minimum atomic E-state index is -0.0619. The molecule has 2 rings (SSSR count). The number of hydrogen-bond donors (Lipinski definition) is 1. The molecule has 0 unspecified atom stereocenters. The van der Waals surface area contributed by atoms with Crippen molar-refractivity contribution < 1.29 is 4.79 Å². The van der Waals surface area contributed by atoms with Crippen molar-refractivity contribution in [1.29, 1.82) is 0 Å². The Hall–Kier alpha value is -1.09. The average Bonchev–Trinajstić information content (AvgIpc) is 2.39. The van der Waals surface area contributed by atoms with Crippen LogP contribution in [-0.2, 0) is 4.79 Å². The van der Waals surface area contributed by atoms with Crippen molar-refractivity contribution in [2.24, 2.45) is 0 Å². The standard InChI is InChI=1S/C16H20BrNO/c1-12(13-6-8-14(17)9-7-13)15(19)18-16(2)10-4-3-5-11-16/h6-9H,1,3-5,10-11H2,2H3,(H,18,19). The number of rotatable bonds is 3. The summed E-state index contributed by atoms with van der Waals surface area (Å²) in [7, 11) is 0. The van der Waals surface area contributed by atoms with Gasteiger partial charge in [0.15, 0.2) is 0 Å². The number of carbonyl (C=O) groups excluding carboxylic acids is 1. The molecular formula is C16H20BrNO. The van der Waals surface area contributed by atoms with Crippen molar-refractivity contribution in [3.63, 3.8) is 0 Å². The van der Waals surface area contributed by atoms with E-state index in [2.05, 4.69) is 34.7 Å². The van der Waals surface area contributed by atoms with E-state index < -0.39 is 0 Å². The zero-order chi connectivity index (χ0) is 13.9. The fourth-order valence-corrected chi connectivity index (χ4v) is 2.85. The molecule has 0 bridgehead atoms. The van der Waals surface area contributed by atoms with Gasteiger partial charge >= 0.3 is 0 Å². The summed E-state index contributed by atoms with van der Waals surface area (Å²) in [5, 5.41) is 3.16. The van der Waals surface area contributed by atoms with Gasteiger partial charge in [-0.15, -0.1) is 0 Å². The van der Waals surface area contributed by atoms with E-state index in [1.54, 1.807) is 0 Å². The highest BCUT2D eigenvalue weighted by Gasteiger charge is 2.29. The van der Waals surface area contributed by atoms with Crippen LogP contribution in [0.4, 0.5) is 0 Å². The first-order valence-corrected chi connectivity index (χ1v) is 7.57. The lowest BCUT2D eigenvalue weighted by atomic mass is 9.83. The van der Waals surface area contributed by atoms with Gasteiger partial charge in [-0.25, -0.2) is 0 Å². The summed E-state index contributed by atoms with van der Waals surface area (Å²) < 4.78 is 1.00. The van der Waals surface area contributed by atoms with E-state index in [9.17, 15) is 4.79 Å². The largest absolute Gasteiger partial charge is 0.347 e. The maximum atomic E-state index is 12.3. The molecule has 1 aromatic rings. The predicted molar refractivity (Wildman–Crippen MR) is 82.8 cm³/mol. The number of benzene rings is 1. The van der Waals surface area contributed by atoms with Gasteiger partial charge in [0, 0.05) is 15.6 Å². The molecule has 0 aromatic heterocycles. The Labute approximate surface area is 123 Å². The molecule has 0 radical (unpaired) electrons. The van der Waals surface area contributed by atoms with Crippen LogP contribution in [0.15, 0.2) is 35.3 Å². The van der Waals surface area contributed by atoms with E-state index in [1.807, 2.05) is 24.3 Å². The maximum Gasteiger partial charge on any atom is 0.251 e. The number of carbonyl (C=O) groups is 1. The summed E-state index contributed by atoms with van der Waals surface area (Å²) in [6.07, 6.45) is 5.79. The van der Waals surface area contributed by atoms with Crippen molar-refractivity contribution in [2.75, 3.05) is 0 Å². The predicted octanol–water partition coefficient (Wildman–Crippen LogP) is 4.30.